The lowest BCUT2D eigenvalue weighted by molar-refractivity contribution is -0.128. The Morgan fingerprint density at radius 1 is 1.29 bits per heavy atom. The molecule has 3 saturated carbocycles. The van der Waals surface area contributed by atoms with Crippen molar-refractivity contribution < 1.29 is 14.7 Å². The molecule has 1 amide bonds. The number of imidazole rings is 1. The molecule has 0 aliphatic heterocycles. The van der Waals surface area contributed by atoms with E-state index < -0.39 is 11.5 Å². The Morgan fingerprint density at radius 2 is 2.00 bits per heavy atom. The molecule has 1 heterocycles. The Labute approximate surface area is 122 Å². The SMILES string of the molecule is O=C(O)c1cnc(C2(NC(=O)C3CC4CC4C3)CCC2)[nH]1. The molecule has 6 heteroatoms. The molecule has 112 valence electrons. The van der Waals surface area contributed by atoms with Crippen LogP contribution in [-0.4, -0.2) is 27.0 Å². The number of aromatic nitrogens is 2. The summed E-state index contributed by atoms with van der Waals surface area (Å²) in [7, 11) is 0. The average molecular weight is 289 g/mol. The van der Waals surface area contributed by atoms with Crippen molar-refractivity contribution in [2.75, 3.05) is 0 Å². The summed E-state index contributed by atoms with van der Waals surface area (Å²) in [4.78, 5) is 30.5. The highest BCUT2D eigenvalue weighted by molar-refractivity contribution is 5.85. The van der Waals surface area contributed by atoms with Crippen LogP contribution in [0.1, 0.15) is 54.8 Å². The first-order chi connectivity index (χ1) is 10.1. The maximum absolute atomic E-state index is 12.5. The molecule has 0 radical (unpaired) electrons. The van der Waals surface area contributed by atoms with E-state index in [1.54, 1.807) is 0 Å². The van der Waals surface area contributed by atoms with Crippen molar-refractivity contribution in [1.29, 1.82) is 0 Å². The quantitative estimate of drug-likeness (QED) is 0.785. The van der Waals surface area contributed by atoms with E-state index in [-0.39, 0.29) is 17.5 Å². The Hall–Kier alpha value is -1.85. The minimum Gasteiger partial charge on any atom is -0.477 e. The zero-order valence-corrected chi connectivity index (χ0v) is 11.8. The Morgan fingerprint density at radius 3 is 2.52 bits per heavy atom. The number of carbonyl (C=O) groups excluding carboxylic acids is 1. The van der Waals surface area contributed by atoms with Gasteiger partial charge in [-0.3, -0.25) is 4.79 Å². The number of H-pyrrole nitrogens is 1. The van der Waals surface area contributed by atoms with Crippen molar-refractivity contribution in [2.45, 2.75) is 44.1 Å². The van der Waals surface area contributed by atoms with Crippen molar-refractivity contribution in [1.82, 2.24) is 15.3 Å². The van der Waals surface area contributed by atoms with Gasteiger partial charge >= 0.3 is 5.97 Å². The highest BCUT2D eigenvalue weighted by Gasteiger charge is 2.50. The molecule has 0 spiro atoms. The molecule has 3 N–H and O–H groups in total. The van der Waals surface area contributed by atoms with Crippen molar-refractivity contribution in [3.05, 3.63) is 17.7 Å². The highest BCUT2D eigenvalue weighted by Crippen LogP contribution is 2.54. The normalized spacial score (nSPS) is 32.1. The Balaban J connectivity index is 1.49. The lowest BCUT2D eigenvalue weighted by atomic mass is 9.75. The van der Waals surface area contributed by atoms with Gasteiger partial charge in [0.2, 0.25) is 5.91 Å². The fourth-order valence-corrected chi connectivity index (χ4v) is 3.89. The summed E-state index contributed by atoms with van der Waals surface area (Å²) in [6.07, 6.45) is 7.34. The van der Waals surface area contributed by atoms with E-state index in [0.29, 0.717) is 5.82 Å². The number of aromatic amines is 1. The summed E-state index contributed by atoms with van der Waals surface area (Å²) in [5.74, 6) is 1.38. The van der Waals surface area contributed by atoms with Crippen molar-refractivity contribution in [3.8, 4) is 0 Å². The largest absolute Gasteiger partial charge is 0.477 e. The minimum absolute atomic E-state index is 0.0765. The third-order valence-electron chi connectivity index (χ3n) is 5.44. The van der Waals surface area contributed by atoms with Gasteiger partial charge < -0.3 is 15.4 Å². The molecule has 1 aromatic heterocycles. The van der Waals surface area contributed by atoms with E-state index in [1.165, 1.54) is 12.6 Å². The van der Waals surface area contributed by atoms with Gasteiger partial charge in [0.05, 0.1) is 11.7 Å². The van der Waals surface area contributed by atoms with Crippen LogP contribution in [0.5, 0.6) is 0 Å². The molecule has 0 aromatic carbocycles. The summed E-state index contributed by atoms with van der Waals surface area (Å²) < 4.78 is 0. The molecule has 2 unspecified atom stereocenters. The van der Waals surface area contributed by atoms with Gasteiger partial charge in [0.15, 0.2) is 0 Å². The minimum atomic E-state index is -1.02. The van der Waals surface area contributed by atoms with Crippen LogP contribution in [0, 0.1) is 17.8 Å². The number of nitrogens with one attached hydrogen (secondary N) is 2. The monoisotopic (exact) mass is 289 g/mol. The van der Waals surface area contributed by atoms with E-state index in [2.05, 4.69) is 15.3 Å². The molecule has 0 saturated heterocycles. The lowest BCUT2D eigenvalue weighted by Gasteiger charge is -2.41. The van der Waals surface area contributed by atoms with E-state index in [9.17, 15) is 9.59 Å². The predicted molar refractivity (Wildman–Crippen MR) is 73.5 cm³/mol. The number of carboxylic acid groups (broad SMARTS) is 1. The van der Waals surface area contributed by atoms with Crippen molar-refractivity contribution in [2.24, 2.45) is 17.8 Å². The molecular formula is C15H19N3O3. The van der Waals surface area contributed by atoms with Gasteiger partial charge in [-0.2, -0.15) is 0 Å². The van der Waals surface area contributed by atoms with Crippen LogP contribution >= 0.6 is 0 Å². The molecule has 4 rings (SSSR count). The number of amides is 1. The van der Waals surface area contributed by atoms with Crippen LogP contribution in [0.4, 0.5) is 0 Å². The fourth-order valence-electron chi connectivity index (χ4n) is 3.89. The fraction of sp³-hybridized carbons (Fsp3) is 0.667. The van der Waals surface area contributed by atoms with Crippen LogP contribution in [0.3, 0.4) is 0 Å². The first kappa shape index (κ1) is 12.9. The molecule has 3 fully saturated rings. The summed E-state index contributed by atoms with van der Waals surface area (Å²) >= 11 is 0. The lowest BCUT2D eigenvalue weighted by Crippen LogP contribution is -2.53. The second kappa shape index (κ2) is 4.32. The van der Waals surface area contributed by atoms with Crippen molar-refractivity contribution in [3.63, 3.8) is 0 Å². The molecule has 2 atom stereocenters. The molecule has 3 aliphatic rings. The van der Waals surface area contributed by atoms with E-state index >= 15 is 0 Å². The van der Waals surface area contributed by atoms with Crippen LogP contribution < -0.4 is 5.32 Å². The third kappa shape index (κ3) is 2.04. The van der Waals surface area contributed by atoms with Gasteiger partial charge in [-0.25, -0.2) is 9.78 Å². The highest BCUT2D eigenvalue weighted by atomic mass is 16.4. The van der Waals surface area contributed by atoms with Crippen LogP contribution in [0.25, 0.3) is 0 Å². The summed E-state index contributed by atoms with van der Waals surface area (Å²) in [5, 5.41) is 12.1. The van der Waals surface area contributed by atoms with E-state index in [1.807, 2.05) is 0 Å². The first-order valence-corrected chi connectivity index (χ1v) is 7.68. The van der Waals surface area contributed by atoms with Gasteiger partial charge in [0, 0.05) is 5.92 Å². The molecule has 1 aromatic rings. The van der Waals surface area contributed by atoms with Crippen LogP contribution in [0.15, 0.2) is 6.20 Å². The summed E-state index contributed by atoms with van der Waals surface area (Å²) in [6.45, 7) is 0. The zero-order chi connectivity index (χ0) is 14.6. The van der Waals surface area contributed by atoms with Crippen LogP contribution in [0.2, 0.25) is 0 Å². The Bertz CT molecular complexity index is 595. The van der Waals surface area contributed by atoms with Crippen molar-refractivity contribution >= 4 is 11.9 Å². The number of aromatic carboxylic acids is 1. The zero-order valence-electron chi connectivity index (χ0n) is 11.8. The predicted octanol–water partition coefficient (Wildman–Crippen LogP) is 1.65. The van der Waals surface area contributed by atoms with E-state index in [0.717, 1.165) is 43.9 Å². The average Bonchev–Trinajstić information content (AvgIpc) is 2.86. The number of rotatable bonds is 4. The summed E-state index contributed by atoms with van der Waals surface area (Å²) in [6, 6.07) is 0. The maximum Gasteiger partial charge on any atom is 0.353 e. The van der Waals surface area contributed by atoms with E-state index in [4.69, 9.17) is 5.11 Å². The van der Waals surface area contributed by atoms with Gasteiger partial charge in [-0.15, -0.1) is 0 Å². The van der Waals surface area contributed by atoms with Gasteiger partial charge in [0.25, 0.3) is 0 Å². The molecule has 0 bridgehead atoms. The smallest absolute Gasteiger partial charge is 0.353 e. The second-order valence-corrected chi connectivity index (χ2v) is 6.80. The standard InChI is InChI=1S/C15H19N3O3/c19-12(10-5-8-4-9(8)6-10)18-15(2-1-3-15)14-16-7-11(17-14)13(20)21/h7-10H,1-6H2,(H,16,17)(H,18,19)(H,20,21). The number of carboxylic acids is 1. The second-order valence-electron chi connectivity index (χ2n) is 6.80. The molecule has 3 aliphatic carbocycles. The third-order valence-corrected chi connectivity index (χ3v) is 5.44. The topological polar surface area (TPSA) is 95.1 Å². The number of hydrogen-bond acceptors (Lipinski definition) is 3. The maximum atomic E-state index is 12.5. The Kier molecular flexibility index (Phi) is 2.65. The van der Waals surface area contributed by atoms with Gasteiger partial charge in [-0.1, -0.05) is 0 Å². The number of fused-ring (bicyclic) bond motifs is 1. The molecule has 6 nitrogen and oxygen atoms in total. The van der Waals surface area contributed by atoms with Gasteiger partial charge in [0.1, 0.15) is 11.5 Å². The first-order valence-electron chi connectivity index (χ1n) is 7.68. The number of hydrogen-bond donors (Lipinski definition) is 3. The van der Waals surface area contributed by atoms with Crippen LogP contribution in [-0.2, 0) is 10.3 Å². The number of nitrogens with zero attached hydrogens (tertiary/aromatic N) is 1. The summed E-state index contributed by atoms with van der Waals surface area (Å²) in [5.41, 5.74) is -0.398. The molecular weight excluding hydrogens is 270 g/mol. The van der Waals surface area contributed by atoms with Gasteiger partial charge in [-0.05, 0) is 50.4 Å². The molecule has 21 heavy (non-hydrogen) atoms. The number of carbonyl (C=O) groups is 2.